The normalized spacial score (nSPS) is 9.82. The third-order valence-corrected chi connectivity index (χ3v) is 1.29. The average molecular weight is 147 g/mol. The van der Waals surface area contributed by atoms with Crippen molar-refractivity contribution in [2.45, 2.75) is 0 Å². The van der Waals surface area contributed by atoms with Gasteiger partial charge in [0.1, 0.15) is 18.3 Å². The van der Waals surface area contributed by atoms with Crippen molar-refractivity contribution in [3.05, 3.63) is 31.1 Å². The molecule has 0 aromatic carbocycles. The van der Waals surface area contributed by atoms with Gasteiger partial charge in [-0.1, -0.05) is 5.16 Å². The highest BCUT2D eigenvalue weighted by Gasteiger charge is 1.98. The third-order valence-electron chi connectivity index (χ3n) is 1.29. The van der Waals surface area contributed by atoms with Crippen LogP contribution in [0.25, 0.3) is 11.3 Å². The minimum atomic E-state index is 0.755. The van der Waals surface area contributed by atoms with Crippen LogP contribution >= 0.6 is 0 Å². The van der Waals surface area contributed by atoms with Gasteiger partial charge in [0.15, 0.2) is 0 Å². The van der Waals surface area contributed by atoms with E-state index in [4.69, 9.17) is 0 Å². The first-order valence-corrected chi connectivity index (χ1v) is 3.12. The summed E-state index contributed by atoms with van der Waals surface area (Å²) in [6.45, 7) is 0. The Hall–Kier alpha value is -1.71. The Bertz CT molecular complexity index is 317. The van der Waals surface area contributed by atoms with E-state index in [1.807, 2.05) is 0 Å². The fraction of sp³-hybridized carbons (Fsp3) is 0. The Morgan fingerprint density at radius 3 is 2.64 bits per heavy atom. The molecule has 0 aliphatic heterocycles. The summed E-state index contributed by atoms with van der Waals surface area (Å²) < 4.78 is 4.66. The molecule has 0 amide bonds. The maximum absolute atomic E-state index is 4.66. The van der Waals surface area contributed by atoms with Crippen molar-refractivity contribution in [2.24, 2.45) is 0 Å². The average Bonchev–Trinajstić information content (AvgIpc) is 2.58. The lowest BCUT2D eigenvalue weighted by molar-refractivity contribution is 0.422. The quantitative estimate of drug-likeness (QED) is 0.606. The van der Waals surface area contributed by atoms with Crippen LogP contribution in [0.5, 0.6) is 0 Å². The SMILES string of the molecule is c1ncc(-c2ccon2)cn1. The van der Waals surface area contributed by atoms with Crippen molar-refractivity contribution < 1.29 is 4.52 Å². The fourth-order valence-electron chi connectivity index (χ4n) is 0.793. The van der Waals surface area contributed by atoms with Crippen molar-refractivity contribution in [3.63, 3.8) is 0 Å². The minimum absolute atomic E-state index is 0.755. The van der Waals surface area contributed by atoms with Gasteiger partial charge in [0.25, 0.3) is 0 Å². The van der Waals surface area contributed by atoms with Crippen molar-refractivity contribution in [1.82, 2.24) is 15.1 Å². The highest BCUT2D eigenvalue weighted by molar-refractivity contribution is 5.54. The van der Waals surface area contributed by atoms with Crippen LogP contribution in [0, 0.1) is 0 Å². The molecule has 2 aromatic heterocycles. The Balaban J connectivity index is 2.46. The van der Waals surface area contributed by atoms with E-state index in [1.54, 1.807) is 18.5 Å². The van der Waals surface area contributed by atoms with Gasteiger partial charge in [0.05, 0.1) is 0 Å². The summed E-state index contributed by atoms with van der Waals surface area (Å²) in [4.78, 5) is 7.70. The van der Waals surface area contributed by atoms with Crippen LogP contribution in [-0.2, 0) is 0 Å². The molecule has 0 saturated heterocycles. The largest absolute Gasteiger partial charge is 0.364 e. The lowest BCUT2D eigenvalue weighted by atomic mass is 10.2. The van der Waals surface area contributed by atoms with Crippen LogP contribution in [0.3, 0.4) is 0 Å². The smallest absolute Gasteiger partial charge is 0.124 e. The van der Waals surface area contributed by atoms with Gasteiger partial charge in [-0.2, -0.15) is 0 Å². The van der Waals surface area contributed by atoms with Gasteiger partial charge >= 0.3 is 0 Å². The van der Waals surface area contributed by atoms with Crippen LogP contribution < -0.4 is 0 Å². The van der Waals surface area contributed by atoms with E-state index in [2.05, 4.69) is 19.6 Å². The van der Waals surface area contributed by atoms with Gasteiger partial charge in [-0.3, -0.25) is 0 Å². The third kappa shape index (κ3) is 1.10. The Kier molecular flexibility index (Phi) is 1.37. The predicted octanol–water partition coefficient (Wildman–Crippen LogP) is 1.13. The first-order valence-electron chi connectivity index (χ1n) is 3.12. The Morgan fingerprint density at radius 2 is 2.00 bits per heavy atom. The standard InChI is InChI=1S/C7H5N3O/c1-2-11-10-7(1)6-3-8-5-9-4-6/h1-5H. The second-order valence-corrected chi connectivity index (χ2v) is 2.01. The molecule has 0 aliphatic carbocycles. The van der Waals surface area contributed by atoms with Gasteiger partial charge in [0, 0.05) is 24.0 Å². The molecule has 54 valence electrons. The van der Waals surface area contributed by atoms with E-state index in [0.717, 1.165) is 11.3 Å². The summed E-state index contributed by atoms with van der Waals surface area (Å²) in [6, 6.07) is 1.76. The lowest BCUT2D eigenvalue weighted by Crippen LogP contribution is -1.80. The zero-order chi connectivity index (χ0) is 7.52. The second kappa shape index (κ2) is 2.49. The molecule has 0 saturated carbocycles. The van der Waals surface area contributed by atoms with Crippen molar-refractivity contribution in [1.29, 1.82) is 0 Å². The molecule has 0 aliphatic rings. The fourth-order valence-corrected chi connectivity index (χ4v) is 0.793. The molecule has 0 radical (unpaired) electrons. The first kappa shape index (κ1) is 6.03. The highest BCUT2D eigenvalue weighted by Crippen LogP contribution is 2.12. The molecule has 4 heteroatoms. The first-order chi connectivity index (χ1) is 5.47. The van der Waals surface area contributed by atoms with Crippen LogP contribution in [0.4, 0.5) is 0 Å². The van der Waals surface area contributed by atoms with E-state index >= 15 is 0 Å². The molecule has 0 atom stereocenters. The van der Waals surface area contributed by atoms with Gasteiger partial charge in [0.2, 0.25) is 0 Å². The van der Waals surface area contributed by atoms with E-state index < -0.39 is 0 Å². The molecule has 2 rings (SSSR count). The van der Waals surface area contributed by atoms with Crippen LogP contribution in [-0.4, -0.2) is 15.1 Å². The number of hydrogen-bond acceptors (Lipinski definition) is 4. The maximum Gasteiger partial charge on any atom is 0.124 e. The van der Waals surface area contributed by atoms with Gasteiger partial charge in [-0.05, 0) is 0 Å². The van der Waals surface area contributed by atoms with E-state index in [-0.39, 0.29) is 0 Å². The zero-order valence-electron chi connectivity index (χ0n) is 5.64. The van der Waals surface area contributed by atoms with Gasteiger partial charge < -0.3 is 4.52 Å². The zero-order valence-corrected chi connectivity index (χ0v) is 5.64. The molecule has 2 heterocycles. The highest BCUT2D eigenvalue weighted by atomic mass is 16.5. The molecule has 4 nitrogen and oxygen atoms in total. The summed E-state index contributed by atoms with van der Waals surface area (Å²) in [5.74, 6) is 0. The topological polar surface area (TPSA) is 51.8 Å². The van der Waals surface area contributed by atoms with E-state index in [1.165, 1.54) is 12.6 Å². The molecule has 11 heavy (non-hydrogen) atoms. The monoisotopic (exact) mass is 147 g/mol. The van der Waals surface area contributed by atoms with Crippen molar-refractivity contribution >= 4 is 0 Å². The molecule has 0 N–H and O–H groups in total. The predicted molar refractivity (Wildman–Crippen MR) is 37.5 cm³/mol. The molecule has 0 unspecified atom stereocenters. The summed E-state index contributed by atoms with van der Waals surface area (Å²) in [6.07, 6.45) is 6.36. The van der Waals surface area contributed by atoms with E-state index in [0.29, 0.717) is 0 Å². The molecule has 0 bridgehead atoms. The Labute approximate surface area is 62.9 Å². The summed E-state index contributed by atoms with van der Waals surface area (Å²) >= 11 is 0. The molecule has 0 spiro atoms. The number of aromatic nitrogens is 3. The minimum Gasteiger partial charge on any atom is -0.364 e. The lowest BCUT2D eigenvalue weighted by Gasteiger charge is -1.89. The molecular formula is C7H5N3O. The molecular weight excluding hydrogens is 142 g/mol. The van der Waals surface area contributed by atoms with Crippen LogP contribution in [0.1, 0.15) is 0 Å². The Morgan fingerprint density at radius 1 is 1.18 bits per heavy atom. The van der Waals surface area contributed by atoms with Gasteiger partial charge in [-0.15, -0.1) is 0 Å². The molecule has 0 fully saturated rings. The maximum atomic E-state index is 4.66. The number of rotatable bonds is 1. The van der Waals surface area contributed by atoms with Crippen LogP contribution in [0.2, 0.25) is 0 Å². The van der Waals surface area contributed by atoms with E-state index in [9.17, 15) is 0 Å². The summed E-state index contributed by atoms with van der Waals surface area (Å²) in [7, 11) is 0. The number of hydrogen-bond donors (Lipinski definition) is 0. The summed E-state index contributed by atoms with van der Waals surface area (Å²) in [5, 5.41) is 3.73. The number of nitrogens with zero attached hydrogens (tertiary/aromatic N) is 3. The van der Waals surface area contributed by atoms with Gasteiger partial charge in [-0.25, -0.2) is 9.97 Å². The summed E-state index contributed by atoms with van der Waals surface area (Å²) in [5.41, 5.74) is 1.62. The van der Waals surface area contributed by atoms with Crippen molar-refractivity contribution in [2.75, 3.05) is 0 Å². The van der Waals surface area contributed by atoms with Crippen molar-refractivity contribution in [3.8, 4) is 11.3 Å². The second-order valence-electron chi connectivity index (χ2n) is 2.01. The molecule has 2 aromatic rings. The van der Waals surface area contributed by atoms with Crippen LogP contribution in [0.15, 0.2) is 35.6 Å².